The second kappa shape index (κ2) is 7.30. The Hall–Kier alpha value is -0.950. The molecular weight excluding hydrogens is 425 g/mol. The van der Waals surface area contributed by atoms with Gasteiger partial charge in [0.1, 0.15) is 5.75 Å². The molecule has 2 aromatic carbocycles. The van der Waals surface area contributed by atoms with Gasteiger partial charge < -0.3 is 4.74 Å². The molecule has 4 nitrogen and oxygen atoms in total. The zero-order chi connectivity index (χ0) is 17.2. The predicted molar refractivity (Wildman–Crippen MR) is 97.4 cm³/mol. The van der Waals surface area contributed by atoms with E-state index in [0.29, 0.717) is 26.0 Å². The molecule has 8 heteroatoms. The largest absolute Gasteiger partial charge is 0.496 e. The molecule has 2 rings (SSSR count). The van der Waals surface area contributed by atoms with Crippen LogP contribution in [-0.4, -0.2) is 22.1 Å². The van der Waals surface area contributed by atoms with Crippen LogP contribution in [0.2, 0.25) is 10.0 Å². The first-order valence-corrected chi connectivity index (χ1v) is 9.61. The van der Waals surface area contributed by atoms with Crippen molar-refractivity contribution >= 4 is 54.8 Å². The van der Waals surface area contributed by atoms with Gasteiger partial charge in [0.15, 0.2) is 0 Å². The van der Waals surface area contributed by atoms with Gasteiger partial charge in [0, 0.05) is 11.6 Å². The van der Waals surface area contributed by atoms with Gasteiger partial charge in [-0.1, -0.05) is 23.2 Å². The Bertz CT molecular complexity index is 827. The lowest BCUT2D eigenvalue weighted by Gasteiger charge is -2.24. The molecule has 124 valence electrons. The molecule has 0 spiro atoms. The summed E-state index contributed by atoms with van der Waals surface area (Å²) in [6, 6.07) is 9.28. The maximum Gasteiger partial charge on any atom is 0.264 e. The van der Waals surface area contributed by atoms with Gasteiger partial charge in [-0.15, -0.1) is 0 Å². The van der Waals surface area contributed by atoms with Crippen LogP contribution in [0.15, 0.2) is 45.8 Å². The van der Waals surface area contributed by atoms with Gasteiger partial charge >= 0.3 is 0 Å². The lowest BCUT2D eigenvalue weighted by atomic mass is 10.3. The van der Waals surface area contributed by atoms with Crippen LogP contribution in [0.3, 0.4) is 0 Å². The van der Waals surface area contributed by atoms with Crippen molar-refractivity contribution in [1.29, 1.82) is 0 Å². The number of sulfonamides is 1. The summed E-state index contributed by atoms with van der Waals surface area (Å²) < 4.78 is 32.8. The van der Waals surface area contributed by atoms with Gasteiger partial charge in [-0.05, 0) is 59.3 Å². The fourth-order valence-corrected chi connectivity index (χ4v) is 4.72. The molecule has 0 saturated carbocycles. The first-order valence-electron chi connectivity index (χ1n) is 6.62. The van der Waals surface area contributed by atoms with E-state index in [2.05, 4.69) is 15.9 Å². The second-order valence-corrected chi connectivity index (χ2v) is 8.12. The fraction of sp³-hybridized carbons (Fsp3) is 0.200. The Labute approximate surface area is 154 Å². The molecule has 0 aliphatic heterocycles. The van der Waals surface area contributed by atoms with Crippen molar-refractivity contribution in [3.05, 3.63) is 50.9 Å². The van der Waals surface area contributed by atoms with E-state index >= 15 is 0 Å². The number of anilines is 1. The number of hydrogen-bond acceptors (Lipinski definition) is 3. The molecule has 0 bridgehead atoms. The highest BCUT2D eigenvalue weighted by Crippen LogP contribution is 2.34. The summed E-state index contributed by atoms with van der Waals surface area (Å²) in [6.07, 6.45) is 0. The summed E-state index contributed by atoms with van der Waals surface area (Å²) in [4.78, 5) is 0.128. The minimum Gasteiger partial charge on any atom is -0.496 e. The summed E-state index contributed by atoms with van der Waals surface area (Å²) in [5.74, 6) is 0.549. The Morgan fingerprint density at radius 1 is 1.17 bits per heavy atom. The molecule has 0 saturated heterocycles. The van der Waals surface area contributed by atoms with E-state index in [1.165, 1.54) is 29.6 Å². The Balaban J connectivity index is 2.55. The number of benzene rings is 2. The Morgan fingerprint density at radius 2 is 1.87 bits per heavy atom. The second-order valence-electron chi connectivity index (χ2n) is 4.56. The summed E-state index contributed by atoms with van der Waals surface area (Å²) in [7, 11) is -2.27. The maximum atomic E-state index is 12.9. The normalized spacial score (nSPS) is 11.3. The average Bonchev–Trinajstić information content (AvgIpc) is 2.51. The van der Waals surface area contributed by atoms with Crippen molar-refractivity contribution in [3.63, 3.8) is 0 Å². The van der Waals surface area contributed by atoms with Crippen LogP contribution in [0.1, 0.15) is 6.92 Å². The lowest BCUT2D eigenvalue weighted by molar-refractivity contribution is 0.411. The number of nitrogens with zero attached hydrogens (tertiary/aromatic N) is 1. The first-order chi connectivity index (χ1) is 10.8. The van der Waals surface area contributed by atoms with Crippen molar-refractivity contribution in [3.8, 4) is 5.75 Å². The molecule has 0 fully saturated rings. The van der Waals surface area contributed by atoms with Crippen LogP contribution in [0.5, 0.6) is 5.75 Å². The minimum atomic E-state index is -3.79. The van der Waals surface area contributed by atoms with E-state index in [4.69, 9.17) is 27.9 Å². The third-order valence-corrected chi connectivity index (χ3v) is 6.23. The molecule has 0 aliphatic rings. The van der Waals surface area contributed by atoms with Gasteiger partial charge in [0.05, 0.1) is 27.2 Å². The summed E-state index contributed by atoms with van der Waals surface area (Å²) in [5.41, 5.74) is 0.341. The Kier molecular flexibility index (Phi) is 5.84. The van der Waals surface area contributed by atoms with E-state index in [1.807, 2.05) is 0 Å². The van der Waals surface area contributed by atoms with E-state index in [9.17, 15) is 8.42 Å². The number of methoxy groups -OCH3 is 1. The smallest absolute Gasteiger partial charge is 0.264 e. The molecule has 0 atom stereocenters. The molecule has 0 amide bonds. The maximum absolute atomic E-state index is 12.9. The first kappa shape index (κ1) is 18.4. The number of rotatable bonds is 5. The van der Waals surface area contributed by atoms with Crippen LogP contribution in [0.4, 0.5) is 5.69 Å². The molecule has 2 aromatic rings. The zero-order valence-electron chi connectivity index (χ0n) is 12.4. The predicted octanol–water partition coefficient (Wildman–Crippen LogP) is 4.98. The average molecular weight is 439 g/mol. The molecule has 0 unspecified atom stereocenters. The van der Waals surface area contributed by atoms with Crippen LogP contribution >= 0.6 is 39.1 Å². The summed E-state index contributed by atoms with van der Waals surface area (Å²) in [6.45, 7) is 1.94. The molecule has 0 radical (unpaired) electrons. The molecule has 0 N–H and O–H groups in total. The van der Waals surface area contributed by atoms with E-state index in [0.717, 1.165) is 0 Å². The SMILES string of the molecule is CCN(c1cc(Cl)ccc1Cl)S(=O)(=O)c1ccc(OC)c(Br)c1. The van der Waals surface area contributed by atoms with Crippen molar-refractivity contribution in [2.75, 3.05) is 18.0 Å². The van der Waals surface area contributed by atoms with Crippen molar-refractivity contribution in [2.24, 2.45) is 0 Å². The molecule has 0 heterocycles. The van der Waals surface area contributed by atoms with Gasteiger partial charge in [0.25, 0.3) is 10.0 Å². The highest BCUT2D eigenvalue weighted by molar-refractivity contribution is 9.10. The molecule has 0 aromatic heterocycles. The van der Waals surface area contributed by atoms with E-state index in [1.54, 1.807) is 25.1 Å². The Morgan fingerprint density at radius 3 is 2.43 bits per heavy atom. The third-order valence-electron chi connectivity index (χ3n) is 3.18. The minimum absolute atomic E-state index is 0.128. The van der Waals surface area contributed by atoms with Crippen LogP contribution < -0.4 is 9.04 Å². The number of hydrogen-bond donors (Lipinski definition) is 0. The van der Waals surface area contributed by atoms with Crippen LogP contribution in [0.25, 0.3) is 0 Å². The molecular formula is C15H14BrCl2NO3S. The third kappa shape index (κ3) is 3.76. The van der Waals surface area contributed by atoms with E-state index < -0.39 is 10.0 Å². The van der Waals surface area contributed by atoms with E-state index in [-0.39, 0.29) is 11.4 Å². The van der Waals surface area contributed by atoms with Crippen LogP contribution in [0, 0.1) is 0 Å². The van der Waals surface area contributed by atoms with Crippen molar-refractivity contribution in [2.45, 2.75) is 11.8 Å². The van der Waals surface area contributed by atoms with Crippen molar-refractivity contribution in [1.82, 2.24) is 0 Å². The van der Waals surface area contributed by atoms with Crippen molar-refractivity contribution < 1.29 is 13.2 Å². The highest BCUT2D eigenvalue weighted by atomic mass is 79.9. The van der Waals surface area contributed by atoms with Gasteiger partial charge in [0.2, 0.25) is 0 Å². The molecule has 0 aliphatic carbocycles. The number of ether oxygens (including phenoxy) is 1. The fourth-order valence-electron chi connectivity index (χ4n) is 2.08. The zero-order valence-corrected chi connectivity index (χ0v) is 16.3. The lowest BCUT2D eigenvalue weighted by Crippen LogP contribution is -2.31. The quantitative estimate of drug-likeness (QED) is 0.661. The van der Waals surface area contributed by atoms with Gasteiger partial charge in [-0.2, -0.15) is 0 Å². The van der Waals surface area contributed by atoms with Gasteiger partial charge in [-0.25, -0.2) is 8.42 Å². The topological polar surface area (TPSA) is 46.6 Å². The standard InChI is InChI=1S/C15H14BrCl2NO3S/c1-3-19(14-8-10(17)4-6-13(14)18)23(20,21)11-5-7-15(22-2)12(16)9-11/h4-9H,3H2,1-2H3. The monoisotopic (exact) mass is 437 g/mol. The van der Waals surface area contributed by atoms with Gasteiger partial charge in [-0.3, -0.25) is 4.31 Å². The summed E-state index contributed by atoms with van der Waals surface area (Å²) in [5, 5.41) is 0.723. The number of halogens is 3. The molecule has 23 heavy (non-hydrogen) atoms. The highest BCUT2D eigenvalue weighted by Gasteiger charge is 2.26. The van der Waals surface area contributed by atoms with Crippen LogP contribution in [-0.2, 0) is 10.0 Å². The summed E-state index contributed by atoms with van der Waals surface area (Å²) >= 11 is 15.4.